The number of allylic oxidation sites excluding steroid dienone is 1. The van der Waals surface area contributed by atoms with Crippen LogP contribution in [0.2, 0.25) is 0 Å². The summed E-state index contributed by atoms with van der Waals surface area (Å²) >= 11 is 0. The van der Waals surface area contributed by atoms with Gasteiger partial charge in [0.15, 0.2) is 17.3 Å². The lowest BCUT2D eigenvalue weighted by atomic mass is 9.86. The van der Waals surface area contributed by atoms with E-state index in [9.17, 15) is 14.9 Å². The van der Waals surface area contributed by atoms with Crippen LogP contribution in [0.1, 0.15) is 42.3 Å². The molecule has 2 rings (SSSR count). The highest BCUT2D eigenvalue weighted by molar-refractivity contribution is 6.07. The number of rotatable bonds is 6. The van der Waals surface area contributed by atoms with E-state index in [1.165, 1.54) is 38.5 Å². The normalized spacial score (nSPS) is 11.4. The molecule has 0 aliphatic heterocycles. The lowest BCUT2D eigenvalue weighted by Crippen LogP contribution is -2.11. The summed E-state index contributed by atoms with van der Waals surface area (Å²) in [6, 6.07) is 10.1. The van der Waals surface area contributed by atoms with Crippen molar-refractivity contribution in [3.8, 4) is 11.5 Å². The largest absolute Gasteiger partial charge is 0.493 e. The third-order valence-corrected chi connectivity index (χ3v) is 4.18. The Kier molecular flexibility index (Phi) is 6.00. The molecule has 0 heterocycles. The van der Waals surface area contributed by atoms with E-state index in [1.807, 2.05) is 12.1 Å². The van der Waals surface area contributed by atoms with Crippen LogP contribution in [-0.2, 0) is 5.41 Å². The summed E-state index contributed by atoms with van der Waals surface area (Å²) in [5.41, 5.74) is 1.73. The quantitative estimate of drug-likeness (QED) is 0.316. The first kappa shape index (κ1) is 20.2. The van der Waals surface area contributed by atoms with Crippen molar-refractivity contribution in [1.29, 1.82) is 0 Å². The second-order valence-corrected chi connectivity index (χ2v) is 7.05. The molecule has 6 heteroatoms. The van der Waals surface area contributed by atoms with E-state index in [0.717, 1.165) is 5.56 Å². The zero-order chi connectivity index (χ0) is 20.2. The van der Waals surface area contributed by atoms with E-state index in [-0.39, 0.29) is 28.2 Å². The average Bonchev–Trinajstić information content (AvgIpc) is 2.64. The van der Waals surface area contributed by atoms with Crippen molar-refractivity contribution in [2.24, 2.45) is 0 Å². The zero-order valence-corrected chi connectivity index (χ0v) is 16.1. The number of ether oxygens (including phenoxy) is 2. The molecular formula is C21H23NO5. The molecule has 2 aromatic rings. The summed E-state index contributed by atoms with van der Waals surface area (Å²) < 4.78 is 10.3. The van der Waals surface area contributed by atoms with Crippen LogP contribution >= 0.6 is 0 Å². The number of nitro groups is 1. The van der Waals surface area contributed by atoms with Gasteiger partial charge in [-0.05, 0) is 29.2 Å². The highest BCUT2D eigenvalue weighted by Crippen LogP contribution is 2.35. The molecule has 0 aliphatic rings. The Hall–Kier alpha value is -3.15. The number of benzene rings is 2. The Labute approximate surface area is 158 Å². The maximum absolute atomic E-state index is 12.4. The van der Waals surface area contributed by atoms with Gasteiger partial charge in [-0.15, -0.1) is 0 Å². The van der Waals surface area contributed by atoms with E-state index in [4.69, 9.17) is 9.47 Å². The first-order valence-electron chi connectivity index (χ1n) is 8.40. The summed E-state index contributed by atoms with van der Waals surface area (Å²) in [6.07, 6.45) is 2.74. The van der Waals surface area contributed by atoms with Crippen molar-refractivity contribution in [3.05, 3.63) is 69.3 Å². The molecule has 0 radical (unpaired) electrons. The molecule has 0 aromatic heterocycles. The number of nitro benzene ring substituents is 1. The molecule has 0 fully saturated rings. The molecule has 0 aliphatic carbocycles. The van der Waals surface area contributed by atoms with E-state index < -0.39 is 4.92 Å². The highest BCUT2D eigenvalue weighted by Gasteiger charge is 2.18. The third kappa shape index (κ3) is 4.73. The number of ketones is 1. The maximum atomic E-state index is 12.4. The van der Waals surface area contributed by atoms with Crippen LogP contribution in [0, 0.1) is 10.1 Å². The van der Waals surface area contributed by atoms with Crippen LogP contribution in [0.3, 0.4) is 0 Å². The van der Waals surface area contributed by atoms with Crippen molar-refractivity contribution < 1.29 is 19.2 Å². The molecule has 0 bridgehead atoms. The first-order chi connectivity index (χ1) is 12.7. The third-order valence-electron chi connectivity index (χ3n) is 4.18. The lowest BCUT2D eigenvalue weighted by Gasteiger charge is -2.18. The van der Waals surface area contributed by atoms with E-state index in [1.54, 1.807) is 12.1 Å². The Morgan fingerprint density at radius 3 is 2.07 bits per heavy atom. The van der Waals surface area contributed by atoms with Crippen LogP contribution in [0.15, 0.2) is 42.5 Å². The fourth-order valence-electron chi connectivity index (χ4n) is 2.57. The molecular weight excluding hydrogens is 346 g/mol. The number of carbonyl (C=O) groups is 1. The van der Waals surface area contributed by atoms with Crippen LogP contribution in [-0.4, -0.2) is 24.9 Å². The summed E-state index contributed by atoms with van der Waals surface area (Å²) in [4.78, 5) is 23.2. The molecule has 0 N–H and O–H groups in total. The van der Waals surface area contributed by atoms with Gasteiger partial charge in [0.05, 0.1) is 30.8 Å². The van der Waals surface area contributed by atoms with E-state index in [0.29, 0.717) is 11.3 Å². The number of hydrogen-bond donors (Lipinski definition) is 0. The van der Waals surface area contributed by atoms with Crippen molar-refractivity contribution >= 4 is 17.5 Å². The minimum absolute atomic E-state index is 0.00230. The summed E-state index contributed by atoms with van der Waals surface area (Å²) in [6.45, 7) is 6.29. The number of hydrogen-bond acceptors (Lipinski definition) is 5. The van der Waals surface area contributed by atoms with Crippen molar-refractivity contribution in [2.75, 3.05) is 14.2 Å². The smallest absolute Gasteiger partial charge is 0.280 e. The molecule has 142 valence electrons. The molecule has 0 atom stereocenters. The molecule has 0 saturated carbocycles. The fourth-order valence-corrected chi connectivity index (χ4v) is 2.57. The molecule has 0 saturated heterocycles. The van der Waals surface area contributed by atoms with Crippen molar-refractivity contribution in [1.82, 2.24) is 0 Å². The van der Waals surface area contributed by atoms with Gasteiger partial charge in [0.2, 0.25) is 0 Å². The summed E-state index contributed by atoms with van der Waals surface area (Å²) in [7, 11) is 2.85. The Morgan fingerprint density at radius 2 is 1.59 bits per heavy atom. The van der Waals surface area contributed by atoms with Gasteiger partial charge in [-0.25, -0.2) is 0 Å². The van der Waals surface area contributed by atoms with Gasteiger partial charge < -0.3 is 9.47 Å². The van der Waals surface area contributed by atoms with E-state index in [2.05, 4.69) is 20.8 Å². The minimum atomic E-state index is -0.524. The van der Waals surface area contributed by atoms with Crippen molar-refractivity contribution in [2.45, 2.75) is 26.2 Å². The lowest BCUT2D eigenvalue weighted by molar-refractivity contribution is -0.385. The first-order valence-corrected chi connectivity index (χ1v) is 8.40. The van der Waals surface area contributed by atoms with Crippen LogP contribution in [0.25, 0.3) is 6.08 Å². The van der Waals surface area contributed by atoms with Gasteiger partial charge in [-0.2, -0.15) is 0 Å². The average molecular weight is 369 g/mol. The standard InChI is InChI=1S/C21H23NO5/c1-21(2,3)16-9-6-14(7-10-16)18(23)11-8-15-12-19(26-4)20(27-5)13-17(15)22(24)25/h6-13H,1-5H3/b11-8+. The fraction of sp³-hybridized carbons (Fsp3) is 0.286. The minimum Gasteiger partial charge on any atom is -0.493 e. The highest BCUT2D eigenvalue weighted by atomic mass is 16.6. The zero-order valence-electron chi connectivity index (χ0n) is 16.1. The molecule has 27 heavy (non-hydrogen) atoms. The predicted octanol–water partition coefficient (Wildman–Crippen LogP) is 4.81. The number of methoxy groups -OCH3 is 2. The summed E-state index contributed by atoms with van der Waals surface area (Å²) in [5, 5.41) is 11.3. The Balaban J connectivity index is 2.33. The van der Waals surface area contributed by atoms with Gasteiger partial charge in [-0.1, -0.05) is 45.0 Å². The van der Waals surface area contributed by atoms with Crippen molar-refractivity contribution in [3.63, 3.8) is 0 Å². The Morgan fingerprint density at radius 1 is 1.04 bits per heavy atom. The SMILES string of the molecule is COc1cc(/C=C/C(=O)c2ccc(C(C)(C)C)cc2)c([N+](=O)[O-])cc1OC. The molecule has 6 nitrogen and oxygen atoms in total. The second kappa shape index (κ2) is 8.03. The topological polar surface area (TPSA) is 78.7 Å². The van der Waals surface area contributed by atoms with Gasteiger partial charge in [0, 0.05) is 5.56 Å². The summed E-state index contributed by atoms with van der Waals surface area (Å²) in [5.74, 6) is 0.370. The second-order valence-electron chi connectivity index (χ2n) is 7.05. The Bertz CT molecular complexity index is 877. The van der Waals surface area contributed by atoms with Gasteiger partial charge in [-0.3, -0.25) is 14.9 Å². The molecule has 2 aromatic carbocycles. The monoisotopic (exact) mass is 369 g/mol. The predicted molar refractivity (Wildman–Crippen MR) is 105 cm³/mol. The number of nitrogens with zero attached hydrogens (tertiary/aromatic N) is 1. The van der Waals surface area contributed by atoms with Gasteiger partial charge in [0.25, 0.3) is 5.69 Å². The molecule has 0 unspecified atom stereocenters. The van der Waals surface area contributed by atoms with Crippen LogP contribution < -0.4 is 9.47 Å². The van der Waals surface area contributed by atoms with Crippen LogP contribution in [0.4, 0.5) is 5.69 Å². The number of carbonyl (C=O) groups excluding carboxylic acids is 1. The van der Waals surface area contributed by atoms with Gasteiger partial charge in [0.1, 0.15) is 0 Å². The maximum Gasteiger partial charge on any atom is 0.280 e. The molecule has 0 spiro atoms. The molecule has 0 amide bonds. The van der Waals surface area contributed by atoms with Gasteiger partial charge >= 0.3 is 0 Å². The van der Waals surface area contributed by atoms with E-state index >= 15 is 0 Å². The van der Waals surface area contributed by atoms with Crippen LogP contribution in [0.5, 0.6) is 11.5 Å².